The molecule has 0 aliphatic carbocycles. The van der Waals surface area contributed by atoms with Gasteiger partial charge in [0.15, 0.2) is 9.84 Å². The fourth-order valence-electron chi connectivity index (χ4n) is 2.04. The summed E-state index contributed by atoms with van der Waals surface area (Å²) in [5.74, 6) is 0.956. The van der Waals surface area contributed by atoms with Crippen LogP contribution in [0.1, 0.15) is 5.69 Å². The fourth-order valence-corrected chi connectivity index (χ4v) is 2.74. The number of sulfone groups is 1. The van der Waals surface area contributed by atoms with Crippen molar-refractivity contribution in [3.05, 3.63) is 30.0 Å². The molecule has 0 saturated carbocycles. The zero-order valence-electron chi connectivity index (χ0n) is 11.6. The van der Waals surface area contributed by atoms with Crippen molar-refractivity contribution in [2.24, 2.45) is 7.05 Å². The van der Waals surface area contributed by atoms with E-state index in [4.69, 9.17) is 10.5 Å². The maximum atomic E-state index is 11.5. The van der Waals surface area contributed by atoms with Crippen molar-refractivity contribution in [3.8, 4) is 16.9 Å². The third-order valence-electron chi connectivity index (χ3n) is 2.92. The molecule has 0 saturated heterocycles. The molecule has 1 heterocycles. The van der Waals surface area contributed by atoms with Crippen LogP contribution in [-0.2, 0) is 22.6 Å². The number of nitrogens with zero attached hydrogens (tertiary/aromatic N) is 2. The molecule has 0 aliphatic rings. The van der Waals surface area contributed by atoms with Crippen LogP contribution in [0.2, 0.25) is 0 Å². The van der Waals surface area contributed by atoms with E-state index in [0.29, 0.717) is 22.8 Å². The van der Waals surface area contributed by atoms with Gasteiger partial charge in [0.2, 0.25) is 0 Å². The highest BCUT2D eigenvalue weighted by atomic mass is 32.2. The van der Waals surface area contributed by atoms with Gasteiger partial charge in [0.1, 0.15) is 11.6 Å². The summed E-state index contributed by atoms with van der Waals surface area (Å²) in [6.07, 6.45) is 1.17. The number of methoxy groups -OCH3 is 1. The van der Waals surface area contributed by atoms with Crippen LogP contribution < -0.4 is 10.5 Å². The predicted octanol–water partition coefficient (Wildman–Crippen LogP) is 1.22. The van der Waals surface area contributed by atoms with Gasteiger partial charge in [-0.25, -0.2) is 8.42 Å². The van der Waals surface area contributed by atoms with Crippen molar-refractivity contribution in [1.29, 1.82) is 0 Å². The predicted molar refractivity (Wildman–Crippen MR) is 78.2 cm³/mol. The molecule has 2 N–H and O–H groups in total. The maximum absolute atomic E-state index is 11.5. The Hall–Kier alpha value is -2.02. The highest BCUT2D eigenvalue weighted by Crippen LogP contribution is 2.32. The summed E-state index contributed by atoms with van der Waals surface area (Å²) in [4.78, 5) is 0. The Morgan fingerprint density at radius 3 is 2.70 bits per heavy atom. The van der Waals surface area contributed by atoms with Crippen molar-refractivity contribution in [3.63, 3.8) is 0 Å². The Morgan fingerprint density at radius 2 is 2.10 bits per heavy atom. The molecule has 6 nitrogen and oxygen atoms in total. The Morgan fingerprint density at radius 1 is 1.40 bits per heavy atom. The van der Waals surface area contributed by atoms with Gasteiger partial charge in [-0.2, -0.15) is 5.10 Å². The molecule has 108 valence electrons. The highest BCUT2D eigenvalue weighted by Gasteiger charge is 2.19. The molecule has 0 spiro atoms. The lowest BCUT2D eigenvalue weighted by molar-refractivity contribution is 0.415. The van der Waals surface area contributed by atoms with Gasteiger partial charge in [0.05, 0.1) is 18.6 Å². The van der Waals surface area contributed by atoms with E-state index in [-0.39, 0.29) is 5.75 Å². The average Bonchev–Trinajstić information content (AvgIpc) is 2.62. The van der Waals surface area contributed by atoms with Crippen molar-refractivity contribution < 1.29 is 13.2 Å². The molecule has 0 atom stereocenters. The largest absolute Gasteiger partial charge is 0.497 e. The molecule has 2 aromatic rings. The van der Waals surface area contributed by atoms with E-state index in [1.165, 1.54) is 10.9 Å². The molecule has 0 bridgehead atoms. The summed E-state index contributed by atoms with van der Waals surface area (Å²) in [5.41, 5.74) is 7.88. The lowest BCUT2D eigenvalue weighted by Crippen LogP contribution is -2.03. The lowest BCUT2D eigenvalue weighted by atomic mass is 10.1. The fraction of sp³-hybridized carbons (Fsp3) is 0.308. The molecular weight excluding hydrogens is 278 g/mol. The standard InChI is InChI=1S/C13H17N3O3S/c1-16-13(14)12(11(15-16)8-20(3,17)18)9-5-4-6-10(7-9)19-2/h4-7H,8,14H2,1-3H3. The summed E-state index contributed by atoms with van der Waals surface area (Å²) in [6, 6.07) is 7.29. The van der Waals surface area contributed by atoms with E-state index < -0.39 is 9.84 Å². The van der Waals surface area contributed by atoms with Crippen LogP contribution in [-0.4, -0.2) is 31.6 Å². The molecule has 1 aromatic heterocycles. The monoisotopic (exact) mass is 295 g/mol. The van der Waals surface area contributed by atoms with Crippen LogP contribution >= 0.6 is 0 Å². The van der Waals surface area contributed by atoms with E-state index in [9.17, 15) is 8.42 Å². The van der Waals surface area contributed by atoms with Gasteiger partial charge >= 0.3 is 0 Å². The van der Waals surface area contributed by atoms with E-state index >= 15 is 0 Å². The first-order chi connectivity index (χ1) is 9.31. The second-order valence-corrected chi connectivity index (χ2v) is 6.77. The quantitative estimate of drug-likeness (QED) is 0.916. The van der Waals surface area contributed by atoms with E-state index in [1.54, 1.807) is 20.2 Å². The first kappa shape index (κ1) is 14.4. The summed E-state index contributed by atoms with van der Waals surface area (Å²) in [5, 5.41) is 4.20. The molecule has 7 heteroatoms. The summed E-state index contributed by atoms with van der Waals surface area (Å²) >= 11 is 0. The number of aryl methyl sites for hydroxylation is 1. The van der Waals surface area contributed by atoms with Crippen LogP contribution in [0.15, 0.2) is 24.3 Å². The van der Waals surface area contributed by atoms with Gasteiger partial charge in [0.25, 0.3) is 0 Å². The van der Waals surface area contributed by atoms with Crippen molar-refractivity contribution >= 4 is 15.7 Å². The number of aromatic nitrogens is 2. The Bertz CT molecular complexity index is 735. The zero-order chi connectivity index (χ0) is 14.9. The topological polar surface area (TPSA) is 87.2 Å². The minimum atomic E-state index is -3.19. The van der Waals surface area contributed by atoms with Gasteiger partial charge in [-0.15, -0.1) is 0 Å². The van der Waals surface area contributed by atoms with Crippen molar-refractivity contribution in [1.82, 2.24) is 9.78 Å². The summed E-state index contributed by atoms with van der Waals surface area (Å²) < 4.78 is 29.7. The van der Waals surface area contributed by atoms with Crippen LogP contribution in [0.5, 0.6) is 5.75 Å². The van der Waals surface area contributed by atoms with Gasteiger partial charge < -0.3 is 10.5 Å². The lowest BCUT2D eigenvalue weighted by Gasteiger charge is -2.06. The van der Waals surface area contributed by atoms with Crippen LogP contribution in [0.3, 0.4) is 0 Å². The van der Waals surface area contributed by atoms with Crippen molar-refractivity contribution in [2.75, 3.05) is 19.1 Å². The van der Waals surface area contributed by atoms with Gasteiger partial charge in [-0.1, -0.05) is 12.1 Å². The van der Waals surface area contributed by atoms with Crippen LogP contribution in [0.25, 0.3) is 11.1 Å². The number of ether oxygens (including phenoxy) is 1. The minimum Gasteiger partial charge on any atom is -0.497 e. The first-order valence-electron chi connectivity index (χ1n) is 5.95. The molecule has 20 heavy (non-hydrogen) atoms. The van der Waals surface area contributed by atoms with Gasteiger partial charge in [-0.3, -0.25) is 4.68 Å². The molecule has 0 fully saturated rings. The smallest absolute Gasteiger partial charge is 0.153 e. The number of anilines is 1. The van der Waals surface area contributed by atoms with Gasteiger partial charge in [0, 0.05) is 18.9 Å². The third-order valence-corrected chi connectivity index (χ3v) is 3.72. The van der Waals surface area contributed by atoms with E-state index in [1.807, 2.05) is 18.2 Å². The molecule has 0 aliphatic heterocycles. The van der Waals surface area contributed by atoms with Gasteiger partial charge in [-0.05, 0) is 17.7 Å². The van der Waals surface area contributed by atoms with E-state index in [2.05, 4.69) is 5.10 Å². The summed E-state index contributed by atoms with van der Waals surface area (Å²) in [7, 11) is 0.0684. The van der Waals surface area contributed by atoms with Crippen LogP contribution in [0.4, 0.5) is 5.82 Å². The average molecular weight is 295 g/mol. The molecule has 0 radical (unpaired) electrons. The number of nitrogens with two attached hydrogens (primary N) is 1. The SMILES string of the molecule is COc1cccc(-c2c(CS(C)(=O)=O)nn(C)c2N)c1. The molecular formula is C13H17N3O3S. The Kier molecular flexibility index (Phi) is 3.71. The molecule has 1 aromatic carbocycles. The number of hydrogen-bond donors (Lipinski definition) is 1. The summed E-state index contributed by atoms with van der Waals surface area (Å²) in [6.45, 7) is 0. The number of nitrogen functional groups attached to an aromatic ring is 1. The maximum Gasteiger partial charge on any atom is 0.153 e. The molecule has 2 rings (SSSR count). The highest BCUT2D eigenvalue weighted by molar-refractivity contribution is 7.89. The van der Waals surface area contributed by atoms with Crippen molar-refractivity contribution in [2.45, 2.75) is 5.75 Å². The second kappa shape index (κ2) is 5.16. The van der Waals surface area contributed by atoms with Crippen LogP contribution in [0, 0.1) is 0 Å². The van der Waals surface area contributed by atoms with E-state index in [0.717, 1.165) is 5.56 Å². The minimum absolute atomic E-state index is 0.148. The number of hydrogen-bond acceptors (Lipinski definition) is 5. The Labute approximate surface area is 118 Å². The molecule has 0 unspecified atom stereocenters. The third kappa shape index (κ3) is 2.93. The molecule has 0 amide bonds. The second-order valence-electron chi connectivity index (χ2n) is 4.63. The first-order valence-corrected chi connectivity index (χ1v) is 8.01. The normalized spacial score (nSPS) is 11.6. The Balaban J connectivity index is 2.60. The zero-order valence-corrected chi connectivity index (χ0v) is 12.4. The number of benzene rings is 1. The number of rotatable bonds is 4.